The number of carbonyl (C=O) groups is 5. The molecule has 2 aliphatic heterocycles. The number of benzene rings is 1. The van der Waals surface area contributed by atoms with Gasteiger partial charge < -0.3 is 20.3 Å². The number of likely N-dealkylation sites (tertiary alicyclic amines) is 1. The molecule has 1 unspecified atom stereocenters. The van der Waals surface area contributed by atoms with Crippen LogP contribution in [0, 0.1) is 5.92 Å². The molecule has 2 N–H and O–H groups in total. The zero-order valence-electron chi connectivity index (χ0n) is 20.1. The summed E-state index contributed by atoms with van der Waals surface area (Å²) >= 11 is 0. The van der Waals surface area contributed by atoms with Gasteiger partial charge in [0, 0.05) is 19.6 Å². The molecular weight excluding hydrogens is 440 g/mol. The molecule has 10 heteroatoms. The lowest BCUT2D eigenvalue weighted by Gasteiger charge is -2.35. The lowest BCUT2D eigenvalue weighted by molar-refractivity contribution is -0.136. The van der Waals surface area contributed by atoms with Crippen LogP contribution in [0.2, 0.25) is 0 Å². The van der Waals surface area contributed by atoms with Crippen molar-refractivity contribution in [2.75, 3.05) is 26.2 Å². The van der Waals surface area contributed by atoms with E-state index in [-0.39, 0.29) is 24.3 Å². The van der Waals surface area contributed by atoms with Crippen LogP contribution in [-0.2, 0) is 14.3 Å². The summed E-state index contributed by atoms with van der Waals surface area (Å²) in [5.41, 5.74) is 0.00788. The molecule has 1 atom stereocenters. The van der Waals surface area contributed by atoms with Gasteiger partial charge in [-0.1, -0.05) is 12.1 Å². The monoisotopic (exact) mass is 472 g/mol. The highest BCUT2D eigenvalue weighted by atomic mass is 16.6. The number of nitrogens with zero attached hydrogens (tertiary/aromatic N) is 2. The van der Waals surface area contributed by atoms with Crippen molar-refractivity contribution in [3.8, 4) is 0 Å². The molecular formula is C24H32N4O6. The number of piperidine rings is 1. The first kappa shape index (κ1) is 25.2. The summed E-state index contributed by atoms with van der Waals surface area (Å²) in [7, 11) is 0. The Balaban J connectivity index is 1.42. The SMILES string of the molecule is CC(C(=O)N1CCC(CNC(=O)CNC(=O)OC(C)(C)C)CC1)N1C(=O)c2ccccc2C1=O. The predicted molar refractivity (Wildman–Crippen MR) is 123 cm³/mol. The highest BCUT2D eigenvalue weighted by molar-refractivity contribution is 6.22. The quantitative estimate of drug-likeness (QED) is 0.605. The number of carbonyl (C=O) groups excluding carboxylic acids is 5. The molecule has 0 spiro atoms. The molecule has 5 amide bonds. The second-order valence-corrected chi connectivity index (χ2v) is 9.63. The van der Waals surface area contributed by atoms with Crippen LogP contribution in [0.25, 0.3) is 0 Å². The summed E-state index contributed by atoms with van der Waals surface area (Å²) < 4.78 is 5.09. The molecule has 2 aliphatic rings. The molecule has 3 rings (SSSR count). The van der Waals surface area contributed by atoms with Crippen molar-refractivity contribution >= 4 is 29.7 Å². The minimum Gasteiger partial charge on any atom is -0.444 e. The third-order valence-electron chi connectivity index (χ3n) is 5.88. The Bertz CT molecular complexity index is 943. The van der Waals surface area contributed by atoms with Gasteiger partial charge in [-0.15, -0.1) is 0 Å². The Hall–Kier alpha value is -3.43. The summed E-state index contributed by atoms with van der Waals surface area (Å²) in [6, 6.07) is 5.68. The van der Waals surface area contributed by atoms with Gasteiger partial charge in [-0.2, -0.15) is 0 Å². The van der Waals surface area contributed by atoms with Crippen LogP contribution in [0.3, 0.4) is 0 Å². The lowest BCUT2D eigenvalue weighted by Crippen LogP contribution is -2.52. The van der Waals surface area contributed by atoms with Crippen molar-refractivity contribution in [2.45, 2.75) is 52.2 Å². The molecule has 34 heavy (non-hydrogen) atoms. The first-order valence-electron chi connectivity index (χ1n) is 11.5. The Labute approximate surface area is 199 Å². The van der Waals surface area contributed by atoms with Crippen molar-refractivity contribution in [1.29, 1.82) is 0 Å². The number of nitrogens with one attached hydrogen (secondary N) is 2. The number of rotatable bonds is 6. The van der Waals surface area contributed by atoms with E-state index in [0.29, 0.717) is 43.6 Å². The van der Waals surface area contributed by atoms with E-state index in [4.69, 9.17) is 4.74 Å². The second-order valence-electron chi connectivity index (χ2n) is 9.63. The number of hydrogen-bond acceptors (Lipinski definition) is 6. The zero-order chi connectivity index (χ0) is 25.0. The van der Waals surface area contributed by atoms with Crippen LogP contribution >= 0.6 is 0 Å². The van der Waals surface area contributed by atoms with E-state index < -0.39 is 29.6 Å². The molecule has 0 radical (unpaired) electrons. The van der Waals surface area contributed by atoms with Gasteiger partial charge in [0.2, 0.25) is 11.8 Å². The van der Waals surface area contributed by atoms with Gasteiger partial charge in [-0.25, -0.2) is 4.79 Å². The molecule has 2 heterocycles. The van der Waals surface area contributed by atoms with E-state index in [1.807, 2.05) is 0 Å². The van der Waals surface area contributed by atoms with E-state index in [2.05, 4.69) is 10.6 Å². The summed E-state index contributed by atoms with van der Waals surface area (Å²) in [6.45, 7) is 8.01. The van der Waals surface area contributed by atoms with E-state index in [0.717, 1.165) is 4.90 Å². The minimum atomic E-state index is -0.886. The van der Waals surface area contributed by atoms with Crippen LogP contribution in [0.15, 0.2) is 24.3 Å². The Morgan fingerprint density at radius 3 is 2.12 bits per heavy atom. The maximum absolute atomic E-state index is 13.0. The van der Waals surface area contributed by atoms with Crippen LogP contribution in [-0.4, -0.2) is 77.3 Å². The standard InChI is InChI=1S/C24H32N4O6/c1-15(28-21(31)17-7-5-6-8-18(17)22(28)32)20(30)27-11-9-16(10-12-27)13-25-19(29)14-26-23(33)34-24(2,3)4/h5-8,15-16H,9-14H2,1-4H3,(H,25,29)(H,26,33). The number of amides is 5. The van der Waals surface area contributed by atoms with Crippen molar-refractivity contribution in [3.63, 3.8) is 0 Å². The largest absolute Gasteiger partial charge is 0.444 e. The smallest absolute Gasteiger partial charge is 0.408 e. The van der Waals surface area contributed by atoms with Crippen LogP contribution < -0.4 is 10.6 Å². The molecule has 1 aromatic rings. The number of alkyl carbamates (subject to hydrolysis) is 1. The predicted octanol–water partition coefficient (Wildman–Crippen LogP) is 1.55. The Kier molecular flexibility index (Phi) is 7.58. The summed E-state index contributed by atoms with van der Waals surface area (Å²) in [4.78, 5) is 64.7. The van der Waals surface area contributed by atoms with Gasteiger partial charge in [0.05, 0.1) is 17.7 Å². The number of imide groups is 1. The highest BCUT2D eigenvalue weighted by Crippen LogP contribution is 2.26. The summed E-state index contributed by atoms with van der Waals surface area (Å²) in [5, 5.41) is 5.21. The van der Waals surface area contributed by atoms with E-state index in [9.17, 15) is 24.0 Å². The van der Waals surface area contributed by atoms with E-state index >= 15 is 0 Å². The van der Waals surface area contributed by atoms with Crippen molar-refractivity contribution in [3.05, 3.63) is 35.4 Å². The lowest BCUT2D eigenvalue weighted by atomic mass is 9.96. The molecule has 0 aliphatic carbocycles. The maximum atomic E-state index is 13.0. The first-order valence-corrected chi connectivity index (χ1v) is 11.5. The molecule has 0 aromatic heterocycles. The molecule has 0 bridgehead atoms. The van der Waals surface area contributed by atoms with Crippen LogP contribution in [0.5, 0.6) is 0 Å². The summed E-state index contributed by atoms with van der Waals surface area (Å²) in [6.07, 6.45) is 0.711. The third kappa shape index (κ3) is 5.92. The van der Waals surface area contributed by atoms with Gasteiger partial charge in [-0.3, -0.25) is 24.1 Å². The normalized spacial score (nSPS) is 17.3. The molecule has 1 aromatic carbocycles. The topological polar surface area (TPSA) is 125 Å². The van der Waals surface area contributed by atoms with E-state index in [1.54, 1.807) is 56.9 Å². The molecule has 0 saturated carbocycles. The average molecular weight is 473 g/mol. The fourth-order valence-electron chi connectivity index (χ4n) is 4.08. The van der Waals surface area contributed by atoms with Gasteiger partial charge in [-0.05, 0) is 58.6 Å². The van der Waals surface area contributed by atoms with Gasteiger partial charge in [0.1, 0.15) is 11.6 Å². The molecule has 184 valence electrons. The Morgan fingerprint density at radius 2 is 1.59 bits per heavy atom. The van der Waals surface area contributed by atoms with Crippen LogP contribution in [0.1, 0.15) is 61.3 Å². The zero-order valence-corrected chi connectivity index (χ0v) is 20.1. The van der Waals surface area contributed by atoms with Gasteiger partial charge in [0.25, 0.3) is 11.8 Å². The fourth-order valence-corrected chi connectivity index (χ4v) is 4.08. The minimum absolute atomic E-state index is 0.177. The molecule has 10 nitrogen and oxygen atoms in total. The van der Waals surface area contributed by atoms with Crippen molar-refractivity contribution in [1.82, 2.24) is 20.4 Å². The van der Waals surface area contributed by atoms with Crippen LogP contribution in [0.4, 0.5) is 4.79 Å². The van der Waals surface area contributed by atoms with Gasteiger partial charge >= 0.3 is 6.09 Å². The van der Waals surface area contributed by atoms with E-state index in [1.165, 1.54) is 0 Å². The fraction of sp³-hybridized carbons (Fsp3) is 0.542. The molecule has 1 fully saturated rings. The summed E-state index contributed by atoms with van der Waals surface area (Å²) in [5.74, 6) is -1.29. The average Bonchev–Trinajstić information content (AvgIpc) is 3.05. The second kappa shape index (κ2) is 10.2. The third-order valence-corrected chi connectivity index (χ3v) is 5.88. The number of fused-ring (bicyclic) bond motifs is 1. The number of ether oxygens (including phenoxy) is 1. The van der Waals surface area contributed by atoms with Crippen molar-refractivity contribution < 1.29 is 28.7 Å². The highest BCUT2D eigenvalue weighted by Gasteiger charge is 2.42. The maximum Gasteiger partial charge on any atom is 0.408 e. The van der Waals surface area contributed by atoms with Gasteiger partial charge in [0.15, 0.2) is 0 Å². The Morgan fingerprint density at radius 1 is 1.03 bits per heavy atom. The first-order chi connectivity index (χ1) is 16.0. The number of hydrogen-bond donors (Lipinski definition) is 2. The molecule has 1 saturated heterocycles. The van der Waals surface area contributed by atoms with Crippen molar-refractivity contribution in [2.24, 2.45) is 5.92 Å².